The summed E-state index contributed by atoms with van der Waals surface area (Å²) < 4.78 is 35.5. The molecule has 0 atom stereocenters. The number of hydrogen-bond acceptors (Lipinski definition) is 3. The third-order valence-electron chi connectivity index (χ3n) is 6.80. The minimum absolute atomic E-state index is 0.0241. The van der Waals surface area contributed by atoms with Crippen LogP contribution >= 0.6 is 0 Å². The van der Waals surface area contributed by atoms with Gasteiger partial charge in [0.05, 0.1) is 18.1 Å². The molecule has 2 aliphatic rings. The number of carbonyl (C=O) groups excluding carboxylic acids is 1. The highest BCUT2D eigenvalue weighted by Crippen LogP contribution is 2.34. The molecule has 0 N–H and O–H groups in total. The quantitative estimate of drug-likeness (QED) is 0.760. The lowest BCUT2D eigenvalue weighted by Crippen LogP contribution is -2.45. The Morgan fingerprint density at radius 3 is 2.43 bits per heavy atom. The summed E-state index contributed by atoms with van der Waals surface area (Å²) in [7, 11) is 3.37. The number of aryl methyl sites for hydroxylation is 1. The number of imidazole rings is 1. The Balaban J connectivity index is 1.40. The standard InChI is InChI=1S/C22H29F2N3O3/c1-25-18-8-7-17(30-2)13-19(18)27(21(25)29)14-15-3-5-16(6-4-15)20(28)26-11-9-22(23,24)10-12-26/h7-8,13,15-16H,3-6,9-12,14H2,1-2H3. The second-order valence-electron chi connectivity index (χ2n) is 8.71. The van der Waals surface area contributed by atoms with Crippen molar-refractivity contribution in [3.05, 3.63) is 28.7 Å². The number of fused-ring (bicyclic) bond motifs is 1. The van der Waals surface area contributed by atoms with Crippen LogP contribution in [0, 0.1) is 11.8 Å². The van der Waals surface area contributed by atoms with Crippen LogP contribution < -0.4 is 10.4 Å². The average molecular weight is 421 g/mol. The Morgan fingerprint density at radius 2 is 1.80 bits per heavy atom. The molecular weight excluding hydrogens is 392 g/mol. The fourth-order valence-corrected chi connectivity index (χ4v) is 4.86. The van der Waals surface area contributed by atoms with Crippen LogP contribution in [0.4, 0.5) is 8.78 Å². The van der Waals surface area contributed by atoms with E-state index in [0.29, 0.717) is 18.2 Å². The van der Waals surface area contributed by atoms with E-state index in [0.717, 1.165) is 36.7 Å². The first-order valence-electron chi connectivity index (χ1n) is 10.7. The smallest absolute Gasteiger partial charge is 0.328 e. The minimum Gasteiger partial charge on any atom is -0.497 e. The van der Waals surface area contributed by atoms with Crippen LogP contribution in [0.2, 0.25) is 0 Å². The van der Waals surface area contributed by atoms with Crippen LogP contribution in [0.3, 0.4) is 0 Å². The number of alkyl halides is 2. The summed E-state index contributed by atoms with van der Waals surface area (Å²) in [5, 5.41) is 0. The van der Waals surface area contributed by atoms with Crippen molar-refractivity contribution >= 4 is 16.9 Å². The number of rotatable bonds is 4. The van der Waals surface area contributed by atoms with Crippen LogP contribution in [-0.2, 0) is 18.4 Å². The average Bonchev–Trinajstić information content (AvgIpc) is 2.98. The Morgan fingerprint density at radius 1 is 1.13 bits per heavy atom. The van der Waals surface area contributed by atoms with Gasteiger partial charge in [-0.2, -0.15) is 0 Å². The van der Waals surface area contributed by atoms with E-state index in [1.54, 1.807) is 28.2 Å². The summed E-state index contributed by atoms with van der Waals surface area (Å²) in [6.07, 6.45) is 2.74. The zero-order valence-electron chi connectivity index (χ0n) is 17.6. The highest BCUT2D eigenvalue weighted by atomic mass is 19.3. The molecule has 2 fully saturated rings. The number of piperidine rings is 1. The Hall–Kier alpha value is -2.38. The lowest BCUT2D eigenvalue weighted by Gasteiger charge is -2.36. The molecule has 1 amide bonds. The van der Waals surface area contributed by atoms with Crippen LogP contribution in [0.25, 0.3) is 11.0 Å². The van der Waals surface area contributed by atoms with Gasteiger partial charge >= 0.3 is 5.69 Å². The molecule has 1 saturated heterocycles. The molecule has 6 nitrogen and oxygen atoms in total. The molecule has 8 heteroatoms. The monoisotopic (exact) mass is 421 g/mol. The molecular formula is C22H29F2N3O3. The number of carbonyl (C=O) groups is 1. The molecule has 0 unspecified atom stereocenters. The van der Waals surface area contributed by atoms with Crippen LogP contribution in [0.1, 0.15) is 38.5 Å². The molecule has 2 heterocycles. The summed E-state index contributed by atoms with van der Waals surface area (Å²) >= 11 is 0. The Bertz CT molecular complexity index is 979. The molecule has 1 aliphatic heterocycles. The minimum atomic E-state index is -2.64. The SMILES string of the molecule is COc1ccc2c(c1)n(CC1CCC(C(=O)N3CCC(F)(F)CC3)CC1)c(=O)n2C. The van der Waals surface area contributed by atoms with Crippen LogP contribution in [0.15, 0.2) is 23.0 Å². The van der Waals surface area contributed by atoms with Gasteiger partial charge in [-0.05, 0) is 43.7 Å². The molecule has 1 saturated carbocycles. The zero-order chi connectivity index (χ0) is 21.5. The third kappa shape index (κ3) is 3.96. The maximum absolute atomic E-state index is 13.4. The molecule has 0 radical (unpaired) electrons. The molecule has 1 aliphatic carbocycles. The lowest BCUT2D eigenvalue weighted by atomic mass is 9.81. The number of halogens is 2. The molecule has 1 aromatic carbocycles. The summed E-state index contributed by atoms with van der Waals surface area (Å²) in [6, 6.07) is 5.63. The number of nitrogens with zero attached hydrogens (tertiary/aromatic N) is 3. The van der Waals surface area contributed by atoms with Gasteiger partial charge in [0.2, 0.25) is 5.91 Å². The zero-order valence-corrected chi connectivity index (χ0v) is 17.6. The second-order valence-corrected chi connectivity index (χ2v) is 8.71. The molecule has 4 rings (SSSR count). The van der Waals surface area contributed by atoms with Crippen molar-refractivity contribution in [1.82, 2.24) is 14.0 Å². The van der Waals surface area contributed by atoms with Crippen molar-refractivity contribution in [3.8, 4) is 5.75 Å². The van der Waals surface area contributed by atoms with Crippen molar-refractivity contribution in [3.63, 3.8) is 0 Å². The summed E-state index contributed by atoms with van der Waals surface area (Å²) in [6.45, 7) is 0.915. The van der Waals surface area contributed by atoms with Gasteiger partial charge in [-0.15, -0.1) is 0 Å². The van der Waals surface area contributed by atoms with Crippen molar-refractivity contribution < 1.29 is 18.3 Å². The van der Waals surface area contributed by atoms with E-state index in [2.05, 4.69) is 0 Å². The number of likely N-dealkylation sites (tertiary alicyclic amines) is 1. The number of benzene rings is 1. The van der Waals surface area contributed by atoms with Crippen LogP contribution in [0.5, 0.6) is 5.75 Å². The second kappa shape index (κ2) is 8.04. The van der Waals surface area contributed by atoms with E-state index in [9.17, 15) is 18.4 Å². The third-order valence-corrected chi connectivity index (χ3v) is 6.80. The van der Waals surface area contributed by atoms with Crippen LogP contribution in [-0.4, -0.2) is 46.1 Å². The topological polar surface area (TPSA) is 56.5 Å². The summed E-state index contributed by atoms with van der Waals surface area (Å²) in [5.74, 6) is -1.67. The molecule has 0 bridgehead atoms. The maximum atomic E-state index is 13.4. The highest BCUT2D eigenvalue weighted by molar-refractivity contribution is 5.79. The number of amides is 1. The fourth-order valence-electron chi connectivity index (χ4n) is 4.86. The maximum Gasteiger partial charge on any atom is 0.328 e. The molecule has 2 aromatic rings. The van der Waals surface area contributed by atoms with Gasteiger partial charge in [0.15, 0.2) is 0 Å². The first-order valence-corrected chi connectivity index (χ1v) is 10.7. The van der Waals surface area contributed by atoms with Crippen molar-refractivity contribution in [1.29, 1.82) is 0 Å². The van der Waals surface area contributed by atoms with Gasteiger partial charge in [0.25, 0.3) is 5.92 Å². The summed E-state index contributed by atoms with van der Waals surface area (Å²) in [5.41, 5.74) is 1.67. The molecule has 0 spiro atoms. The van der Waals surface area contributed by atoms with E-state index >= 15 is 0 Å². The lowest BCUT2D eigenvalue weighted by molar-refractivity contribution is -0.142. The van der Waals surface area contributed by atoms with Gasteiger partial charge in [-0.1, -0.05) is 0 Å². The van der Waals surface area contributed by atoms with Gasteiger partial charge < -0.3 is 9.64 Å². The van der Waals surface area contributed by atoms with Gasteiger partial charge in [0, 0.05) is 51.5 Å². The van der Waals surface area contributed by atoms with Gasteiger partial charge in [0.1, 0.15) is 5.75 Å². The molecule has 164 valence electrons. The van der Waals surface area contributed by atoms with E-state index in [4.69, 9.17) is 4.74 Å². The predicted octanol–water partition coefficient (Wildman–Crippen LogP) is 3.41. The predicted molar refractivity (Wildman–Crippen MR) is 110 cm³/mol. The number of hydrogen-bond donors (Lipinski definition) is 0. The largest absolute Gasteiger partial charge is 0.497 e. The number of aromatic nitrogens is 2. The normalized spacial score (nSPS) is 24.2. The van der Waals surface area contributed by atoms with E-state index in [-0.39, 0.29) is 43.4 Å². The Kier molecular flexibility index (Phi) is 5.59. The number of methoxy groups -OCH3 is 1. The number of ether oxygens (including phenoxy) is 1. The highest BCUT2D eigenvalue weighted by Gasteiger charge is 2.38. The first kappa shape index (κ1) is 20.9. The van der Waals surface area contributed by atoms with Gasteiger partial charge in [-0.25, -0.2) is 13.6 Å². The summed E-state index contributed by atoms with van der Waals surface area (Å²) in [4.78, 5) is 27.1. The van der Waals surface area contributed by atoms with E-state index < -0.39 is 5.92 Å². The Labute approximate surface area is 174 Å². The van der Waals surface area contributed by atoms with Crippen molar-refractivity contribution in [2.24, 2.45) is 18.9 Å². The molecule has 1 aromatic heterocycles. The van der Waals surface area contributed by atoms with Gasteiger partial charge in [-0.3, -0.25) is 13.9 Å². The molecule has 30 heavy (non-hydrogen) atoms. The van der Waals surface area contributed by atoms with E-state index in [1.165, 1.54) is 0 Å². The van der Waals surface area contributed by atoms with Crippen molar-refractivity contribution in [2.75, 3.05) is 20.2 Å². The van der Waals surface area contributed by atoms with Crippen molar-refractivity contribution in [2.45, 2.75) is 51.0 Å². The first-order chi connectivity index (χ1) is 14.3. The fraction of sp³-hybridized carbons (Fsp3) is 0.636. The van der Waals surface area contributed by atoms with E-state index in [1.807, 2.05) is 18.2 Å².